The summed E-state index contributed by atoms with van der Waals surface area (Å²) in [7, 11) is 0. The molecule has 3 unspecified atom stereocenters. The molecule has 3 aliphatic rings. The standard InChI is InChI=1S/C12H21N3O2/c13-7-3-9-10(4-7)11(9)12(17)15-2-1-14-5-8(16)6-15/h7-11,14,16H,1-6,13H2. The third-order valence-electron chi connectivity index (χ3n) is 4.45. The number of nitrogens with zero attached hydrogens (tertiary/aromatic N) is 1. The van der Waals surface area contributed by atoms with E-state index in [0.717, 1.165) is 25.9 Å². The fraction of sp³-hybridized carbons (Fsp3) is 0.917. The largest absolute Gasteiger partial charge is 0.390 e. The molecule has 2 saturated carbocycles. The summed E-state index contributed by atoms with van der Waals surface area (Å²) in [5.74, 6) is 1.52. The molecule has 1 aliphatic heterocycles. The molecule has 5 heteroatoms. The number of fused-ring (bicyclic) bond motifs is 1. The summed E-state index contributed by atoms with van der Waals surface area (Å²) in [5, 5.41) is 12.8. The van der Waals surface area contributed by atoms with Crippen LogP contribution in [0.1, 0.15) is 12.8 Å². The quantitative estimate of drug-likeness (QED) is 0.535. The van der Waals surface area contributed by atoms with Crippen molar-refractivity contribution in [1.29, 1.82) is 0 Å². The highest BCUT2D eigenvalue weighted by Gasteiger charge is 2.59. The minimum atomic E-state index is -0.428. The van der Waals surface area contributed by atoms with E-state index in [-0.39, 0.29) is 11.8 Å². The summed E-state index contributed by atoms with van der Waals surface area (Å²) in [4.78, 5) is 14.2. The van der Waals surface area contributed by atoms with Crippen LogP contribution in [0.5, 0.6) is 0 Å². The molecule has 4 N–H and O–H groups in total. The van der Waals surface area contributed by atoms with Crippen LogP contribution in [0.3, 0.4) is 0 Å². The zero-order valence-electron chi connectivity index (χ0n) is 10.0. The van der Waals surface area contributed by atoms with E-state index < -0.39 is 6.10 Å². The Morgan fingerprint density at radius 3 is 2.76 bits per heavy atom. The lowest BCUT2D eigenvalue weighted by Gasteiger charge is -2.23. The van der Waals surface area contributed by atoms with Crippen LogP contribution in [-0.4, -0.2) is 54.2 Å². The normalized spacial score (nSPS) is 45.3. The lowest BCUT2D eigenvalue weighted by atomic mass is 10.1. The number of nitrogens with one attached hydrogen (secondary N) is 1. The molecular formula is C12H21N3O2. The van der Waals surface area contributed by atoms with Gasteiger partial charge in [-0.25, -0.2) is 0 Å². The van der Waals surface area contributed by atoms with Crippen LogP contribution >= 0.6 is 0 Å². The van der Waals surface area contributed by atoms with E-state index in [1.807, 2.05) is 4.90 Å². The third kappa shape index (κ3) is 2.07. The maximum Gasteiger partial charge on any atom is 0.226 e. The smallest absolute Gasteiger partial charge is 0.226 e. The first-order valence-electron chi connectivity index (χ1n) is 6.60. The van der Waals surface area contributed by atoms with Gasteiger partial charge in [0.05, 0.1) is 6.10 Å². The van der Waals surface area contributed by atoms with Gasteiger partial charge in [0.2, 0.25) is 5.91 Å². The van der Waals surface area contributed by atoms with Gasteiger partial charge in [-0.3, -0.25) is 4.79 Å². The fourth-order valence-electron chi connectivity index (χ4n) is 3.55. The zero-order chi connectivity index (χ0) is 12.0. The fourth-order valence-corrected chi connectivity index (χ4v) is 3.55. The first kappa shape index (κ1) is 11.4. The van der Waals surface area contributed by atoms with Crippen LogP contribution in [0.2, 0.25) is 0 Å². The van der Waals surface area contributed by atoms with Gasteiger partial charge in [-0.15, -0.1) is 0 Å². The molecule has 3 rings (SSSR count). The number of aliphatic hydroxyl groups excluding tert-OH is 1. The van der Waals surface area contributed by atoms with Crippen LogP contribution in [0.4, 0.5) is 0 Å². The number of hydrogen-bond donors (Lipinski definition) is 3. The molecule has 0 spiro atoms. The van der Waals surface area contributed by atoms with Crippen molar-refractivity contribution in [2.75, 3.05) is 26.2 Å². The van der Waals surface area contributed by atoms with Gasteiger partial charge in [0.25, 0.3) is 0 Å². The Balaban J connectivity index is 1.59. The molecule has 1 saturated heterocycles. The van der Waals surface area contributed by atoms with E-state index in [1.165, 1.54) is 0 Å². The van der Waals surface area contributed by atoms with Crippen LogP contribution in [0.25, 0.3) is 0 Å². The average Bonchev–Trinajstić information content (AvgIpc) is 2.88. The number of amides is 1. The van der Waals surface area contributed by atoms with Gasteiger partial charge in [-0.05, 0) is 24.7 Å². The Hall–Kier alpha value is -0.650. The van der Waals surface area contributed by atoms with Crippen molar-refractivity contribution in [1.82, 2.24) is 10.2 Å². The predicted octanol–water partition coefficient (Wildman–Crippen LogP) is -1.24. The number of carbonyl (C=O) groups is 1. The van der Waals surface area contributed by atoms with Gasteiger partial charge in [0, 0.05) is 38.1 Å². The van der Waals surface area contributed by atoms with Crippen LogP contribution in [-0.2, 0) is 4.79 Å². The van der Waals surface area contributed by atoms with Crippen LogP contribution < -0.4 is 11.1 Å². The van der Waals surface area contributed by atoms with Crippen LogP contribution in [0, 0.1) is 17.8 Å². The number of hydrogen-bond acceptors (Lipinski definition) is 4. The second-order valence-corrected chi connectivity index (χ2v) is 5.73. The Kier molecular flexibility index (Phi) is 2.84. The molecular weight excluding hydrogens is 218 g/mol. The minimum Gasteiger partial charge on any atom is -0.390 e. The molecule has 1 amide bonds. The van der Waals surface area contributed by atoms with Crippen molar-refractivity contribution in [2.24, 2.45) is 23.5 Å². The van der Waals surface area contributed by atoms with Gasteiger partial charge < -0.3 is 21.1 Å². The first-order chi connectivity index (χ1) is 8.16. The molecule has 2 aliphatic carbocycles. The second kappa shape index (κ2) is 4.23. The van der Waals surface area contributed by atoms with E-state index >= 15 is 0 Å². The SMILES string of the molecule is NC1CC2C(C1)C2C(=O)N1CCNCC(O)C1. The lowest BCUT2D eigenvalue weighted by Crippen LogP contribution is -2.39. The van der Waals surface area contributed by atoms with Gasteiger partial charge in [0.1, 0.15) is 0 Å². The van der Waals surface area contributed by atoms with Crippen molar-refractivity contribution in [3.05, 3.63) is 0 Å². The molecule has 3 fully saturated rings. The van der Waals surface area contributed by atoms with E-state index in [9.17, 15) is 9.90 Å². The second-order valence-electron chi connectivity index (χ2n) is 5.73. The Morgan fingerprint density at radius 1 is 1.35 bits per heavy atom. The summed E-state index contributed by atoms with van der Waals surface area (Å²) in [6.45, 7) is 2.57. The van der Waals surface area contributed by atoms with Crippen molar-refractivity contribution >= 4 is 5.91 Å². The van der Waals surface area contributed by atoms with Gasteiger partial charge in [-0.2, -0.15) is 0 Å². The summed E-state index contributed by atoms with van der Waals surface area (Å²) in [6.07, 6.45) is 1.59. The molecule has 1 heterocycles. The molecule has 17 heavy (non-hydrogen) atoms. The Morgan fingerprint density at radius 2 is 2.06 bits per heavy atom. The number of nitrogens with two attached hydrogens (primary N) is 1. The van der Waals surface area contributed by atoms with Gasteiger partial charge in [0.15, 0.2) is 0 Å². The van der Waals surface area contributed by atoms with Crippen molar-refractivity contribution in [3.8, 4) is 0 Å². The highest BCUT2D eigenvalue weighted by Crippen LogP contribution is 2.57. The third-order valence-corrected chi connectivity index (χ3v) is 4.45. The maximum atomic E-state index is 12.3. The van der Waals surface area contributed by atoms with E-state index in [1.54, 1.807) is 0 Å². The highest BCUT2D eigenvalue weighted by atomic mass is 16.3. The van der Waals surface area contributed by atoms with Crippen molar-refractivity contribution in [3.63, 3.8) is 0 Å². The Labute approximate surface area is 101 Å². The van der Waals surface area contributed by atoms with E-state index in [0.29, 0.717) is 31.0 Å². The number of aliphatic hydroxyl groups is 1. The van der Waals surface area contributed by atoms with Crippen LogP contribution in [0.15, 0.2) is 0 Å². The monoisotopic (exact) mass is 239 g/mol. The summed E-state index contributed by atoms with van der Waals surface area (Å²) in [5.41, 5.74) is 5.87. The zero-order valence-corrected chi connectivity index (χ0v) is 10.0. The molecule has 0 radical (unpaired) electrons. The molecule has 0 bridgehead atoms. The highest BCUT2D eigenvalue weighted by molar-refractivity contribution is 5.82. The lowest BCUT2D eigenvalue weighted by molar-refractivity contribution is -0.134. The number of rotatable bonds is 1. The first-order valence-corrected chi connectivity index (χ1v) is 6.60. The number of carbonyl (C=O) groups excluding carboxylic acids is 1. The van der Waals surface area contributed by atoms with Gasteiger partial charge in [-0.1, -0.05) is 0 Å². The Bertz CT molecular complexity index is 311. The molecule has 5 nitrogen and oxygen atoms in total. The average molecular weight is 239 g/mol. The summed E-state index contributed by atoms with van der Waals surface area (Å²) < 4.78 is 0. The van der Waals surface area contributed by atoms with Crippen molar-refractivity contribution in [2.45, 2.75) is 25.0 Å². The predicted molar refractivity (Wildman–Crippen MR) is 63.1 cm³/mol. The van der Waals surface area contributed by atoms with E-state index in [4.69, 9.17) is 5.73 Å². The van der Waals surface area contributed by atoms with Crippen molar-refractivity contribution < 1.29 is 9.90 Å². The molecule has 0 aromatic rings. The topological polar surface area (TPSA) is 78.6 Å². The molecule has 3 atom stereocenters. The molecule has 0 aromatic carbocycles. The molecule has 96 valence electrons. The summed E-state index contributed by atoms with van der Waals surface area (Å²) >= 11 is 0. The minimum absolute atomic E-state index is 0.208. The van der Waals surface area contributed by atoms with E-state index in [2.05, 4.69) is 5.32 Å². The number of β-amino-alcohol motifs (C(OH)–C–C–N with tert-alkyl or cyclic N) is 1. The van der Waals surface area contributed by atoms with Gasteiger partial charge >= 0.3 is 0 Å². The summed E-state index contributed by atoms with van der Waals surface area (Å²) in [6, 6.07) is 0.311. The maximum absolute atomic E-state index is 12.3. The molecule has 0 aromatic heterocycles.